The third-order valence-corrected chi connectivity index (χ3v) is 16.8. The molecule has 71 heavy (non-hydrogen) atoms. The van der Waals surface area contributed by atoms with Gasteiger partial charge in [-0.05, 0) is 113 Å². The highest BCUT2D eigenvalue weighted by Crippen LogP contribution is 2.52. The molecule has 5 aromatic rings. The maximum absolute atomic E-state index is 12.7. The van der Waals surface area contributed by atoms with Crippen LogP contribution in [0.25, 0.3) is 27.1 Å². The molecule has 2 aliphatic rings. The number of allylic oxidation sites excluding steroid dienone is 6. The Bertz CT molecular complexity index is 3800. The highest BCUT2D eigenvalue weighted by Gasteiger charge is 2.42. The van der Waals surface area contributed by atoms with Gasteiger partial charge in [-0.3, -0.25) is 32.6 Å². The largest absolute Gasteiger partial charge is 0.481 e. The molecule has 7 rings (SSSR count). The average Bonchev–Trinajstić information content (AvgIpc) is 3.63. The predicted octanol–water partition coefficient (Wildman–Crippen LogP) is 7.74. The molecule has 0 bridgehead atoms. The van der Waals surface area contributed by atoms with E-state index in [1.165, 1.54) is 24.3 Å². The fourth-order valence-corrected chi connectivity index (χ4v) is 12.5. The SMILES string of the molecule is CC1(C)C(/C=C/C(=C/C=C2/N(CCCS(=O)(=O)O)c3ccc4c(S(=O)(=O)O)cc(S(=O)(=O)O)cc4c3C2(C)C)c2cccc(CCCCC(=O)O)c2)=Nc2ccc3c(S(=O)(=O)O)cc(S(=O)(=O)O)cc3c21. The normalized spacial score (nSPS) is 16.8. The minimum atomic E-state index is -5.08. The highest BCUT2D eigenvalue weighted by molar-refractivity contribution is 7.87. The van der Waals surface area contributed by atoms with Crippen LogP contribution in [0.3, 0.4) is 0 Å². The molecule has 0 atom stereocenters. The van der Waals surface area contributed by atoms with Gasteiger partial charge < -0.3 is 10.0 Å². The van der Waals surface area contributed by atoms with Crippen LogP contribution < -0.4 is 4.90 Å². The predicted molar refractivity (Wildman–Crippen MR) is 266 cm³/mol. The molecular weight excluding hydrogens is 1020 g/mol. The molecule has 0 radical (unpaired) electrons. The van der Waals surface area contributed by atoms with Crippen LogP contribution in [-0.2, 0) is 72.6 Å². The Morgan fingerprint density at radius 2 is 1.23 bits per heavy atom. The van der Waals surface area contributed by atoms with E-state index in [2.05, 4.69) is 0 Å². The van der Waals surface area contributed by atoms with E-state index in [0.29, 0.717) is 76.4 Å². The third-order valence-electron chi connectivity index (χ3n) is 12.6. The first-order valence-electron chi connectivity index (χ1n) is 21.6. The number of rotatable bonds is 17. The third kappa shape index (κ3) is 11.1. The number of hydrogen-bond donors (Lipinski definition) is 6. The molecule has 0 spiro atoms. The van der Waals surface area contributed by atoms with Crippen molar-refractivity contribution in [2.45, 2.75) is 90.2 Å². The Labute approximate surface area is 410 Å². The zero-order valence-corrected chi connectivity index (χ0v) is 42.4. The Hall–Kier alpha value is -5.67. The number of carbonyl (C=O) groups is 1. The van der Waals surface area contributed by atoms with Crippen LogP contribution in [0, 0.1) is 0 Å². The van der Waals surface area contributed by atoms with E-state index in [1.807, 2.05) is 18.2 Å². The number of nitrogens with zero attached hydrogens (tertiary/aromatic N) is 2. The number of anilines is 1. The number of carboxylic acids is 1. The lowest BCUT2D eigenvalue weighted by molar-refractivity contribution is -0.137. The van der Waals surface area contributed by atoms with E-state index >= 15 is 0 Å². The average molecular weight is 1070 g/mol. The maximum Gasteiger partial charge on any atom is 0.303 e. The fraction of sp³-hybridized carbons (Fsp3) is 0.277. The lowest BCUT2D eigenvalue weighted by atomic mass is 9.79. The van der Waals surface area contributed by atoms with E-state index in [1.54, 1.807) is 63.0 Å². The van der Waals surface area contributed by atoms with E-state index in [9.17, 15) is 74.8 Å². The Kier molecular flexibility index (Phi) is 14.0. The van der Waals surface area contributed by atoms with Crippen molar-refractivity contribution in [3.05, 3.63) is 125 Å². The lowest BCUT2D eigenvalue weighted by Gasteiger charge is -2.27. The number of carboxylic acid groups (broad SMARTS) is 1. The summed E-state index contributed by atoms with van der Waals surface area (Å²) >= 11 is 0. The molecule has 0 amide bonds. The monoisotopic (exact) mass is 1070 g/mol. The molecule has 0 aromatic heterocycles. The van der Waals surface area contributed by atoms with Crippen molar-refractivity contribution in [1.29, 1.82) is 0 Å². The summed E-state index contributed by atoms with van der Waals surface area (Å²) in [5, 5.41) is 9.18. The molecule has 0 fully saturated rings. The van der Waals surface area contributed by atoms with Crippen LogP contribution >= 0.6 is 0 Å². The number of aliphatic carboxylic acids is 1. The summed E-state index contributed by atoms with van der Waals surface area (Å²) in [5.74, 6) is -1.57. The Morgan fingerprint density at radius 1 is 0.648 bits per heavy atom. The summed E-state index contributed by atoms with van der Waals surface area (Å²) < 4.78 is 174. The molecule has 19 nitrogen and oxygen atoms in total. The first kappa shape index (κ1) is 53.1. The molecular formula is C47H48N2O17S5. The van der Waals surface area contributed by atoms with Gasteiger partial charge in [-0.15, -0.1) is 0 Å². The van der Waals surface area contributed by atoms with Crippen LogP contribution in [-0.4, -0.2) is 93.9 Å². The zero-order valence-electron chi connectivity index (χ0n) is 38.3. The zero-order chi connectivity index (χ0) is 52.4. The topological polar surface area (TPSA) is 325 Å². The van der Waals surface area contributed by atoms with Crippen molar-refractivity contribution in [3.8, 4) is 0 Å². The molecule has 0 saturated carbocycles. The summed E-state index contributed by atoms with van der Waals surface area (Å²) in [6, 6.07) is 16.6. The fourth-order valence-electron chi connectivity index (χ4n) is 9.36. The maximum atomic E-state index is 12.7. The Morgan fingerprint density at radius 3 is 1.77 bits per heavy atom. The van der Waals surface area contributed by atoms with Gasteiger partial charge in [-0.2, -0.15) is 42.1 Å². The summed E-state index contributed by atoms with van der Waals surface area (Å²) in [5.41, 5.74) is 2.10. The van der Waals surface area contributed by atoms with Gasteiger partial charge in [-0.1, -0.05) is 76.2 Å². The lowest BCUT2D eigenvalue weighted by Crippen LogP contribution is -2.28. The molecule has 0 saturated heterocycles. The summed E-state index contributed by atoms with van der Waals surface area (Å²) in [7, 11) is -24.5. The van der Waals surface area contributed by atoms with Crippen LogP contribution in [0.2, 0.25) is 0 Å². The van der Waals surface area contributed by atoms with Crippen molar-refractivity contribution >= 4 is 101 Å². The van der Waals surface area contributed by atoms with Crippen LogP contribution in [0.4, 0.5) is 11.4 Å². The van der Waals surface area contributed by atoms with Gasteiger partial charge in [-0.25, -0.2) is 0 Å². The van der Waals surface area contributed by atoms with Gasteiger partial charge in [0.2, 0.25) is 0 Å². The molecule has 6 N–H and O–H groups in total. The molecule has 2 aliphatic heterocycles. The van der Waals surface area contributed by atoms with Crippen molar-refractivity contribution in [3.63, 3.8) is 0 Å². The molecule has 0 unspecified atom stereocenters. The van der Waals surface area contributed by atoms with Crippen LogP contribution in [0.5, 0.6) is 0 Å². The van der Waals surface area contributed by atoms with E-state index in [-0.39, 0.29) is 40.9 Å². The van der Waals surface area contributed by atoms with Gasteiger partial charge in [0.25, 0.3) is 50.6 Å². The molecule has 2 heterocycles. The number of benzene rings is 5. The van der Waals surface area contributed by atoms with Crippen LogP contribution in [0.1, 0.15) is 75.6 Å². The first-order chi connectivity index (χ1) is 32.7. The quantitative estimate of drug-likeness (QED) is 0.0294. The number of hydrogen-bond acceptors (Lipinski definition) is 13. The van der Waals surface area contributed by atoms with Crippen molar-refractivity contribution in [2.24, 2.45) is 4.99 Å². The minimum Gasteiger partial charge on any atom is -0.481 e. The second-order valence-electron chi connectivity index (χ2n) is 18.2. The standard InChI is InChI=1S/C47H48N2O17S5/c1-46(2)41(48-37-17-15-33-35(44(37)46)24-31(68(55,56)57)26-39(33)70(61,62)63)19-13-29(30-11-7-10-28(23-30)9-5-6-12-43(50)51)14-20-42-47(3,4)45-36-25-32(69(58,59)60)27-40(71(64,65)66)34(36)16-18-38(45)49(42)21-8-22-67(52,53)54/h7,10-11,13-20,23-27H,5-6,8-9,12,21-22H2,1-4H3,(H,50,51)(H,52,53,54)(H,55,56,57)(H,58,59,60)(H,61,62,63)(H,64,65,66)/b19-13+,29-14-,42-20+. The summed E-state index contributed by atoms with van der Waals surface area (Å²) in [6.07, 6.45) is 8.22. The summed E-state index contributed by atoms with van der Waals surface area (Å²) in [4.78, 5) is 14.6. The molecule has 5 aromatic carbocycles. The number of unbranched alkanes of at least 4 members (excludes halogenated alkanes) is 1. The van der Waals surface area contributed by atoms with Crippen LogP contribution in [0.15, 0.2) is 127 Å². The second kappa shape index (κ2) is 18.7. The second-order valence-corrected chi connectivity index (χ2v) is 25.4. The highest BCUT2D eigenvalue weighted by atomic mass is 32.2. The van der Waals surface area contributed by atoms with E-state index in [0.717, 1.165) is 17.7 Å². The molecule has 24 heteroatoms. The van der Waals surface area contributed by atoms with Gasteiger partial charge in [0, 0.05) is 46.0 Å². The van der Waals surface area contributed by atoms with E-state index in [4.69, 9.17) is 4.99 Å². The van der Waals surface area contributed by atoms with E-state index < -0.39 is 92.7 Å². The van der Waals surface area contributed by atoms with Gasteiger partial charge in [0.15, 0.2) is 0 Å². The Balaban J connectivity index is 1.42. The minimum absolute atomic E-state index is 0.0204. The van der Waals surface area contributed by atoms with Gasteiger partial charge in [0.1, 0.15) is 9.79 Å². The number of aliphatic imine (C=N–C) groups is 1. The smallest absolute Gasteiger partial charge is 0.303 e. The first-order valence-corrected chi connectivity index (χ1v) is 28.9. The van der Waals surface area contributed by atoms with Crippen molar-refractivity contribution in [1.82, 2.24) is 0 Å². The summed E-state index contributed by atoms with van der Waals surface area (Å²) in [6.45, 7) is 6.95. The molecule has 378 valence electrons. The molecule has 0 aliphatic carbocycles. The number of fused-ring (bicyclic) bond motifs is 6. The van der Waals surface area contributed by atoms with Crippen molar-refractivity contribution in [2.75, 3.05) is 17.2 Å². The number of aryl methyl sites for hydroxylation is 1. The van der Waals surface area contributed by atoms with Gasteiger partial charge >= 0.3 is 5.97 Å². The van der Waals surface area contributed by atoms with Gasteiger partial charge in [0.05, 0.1) is 26.9 Å². The van der Waals surface area contributed by atoms with Crippen molar-refractivity contribution < 1.29 is 74.8 Å².